The number of halogens is 3. The van der Waals surface area contributed by atoms with Crippen LogP contribution in [0.1, 0.15) is 10.6 Å². The van der Waals surface area contributed by atoms with E-state index in [1.54, 1.807) is 6.07 Å². The molecule has 0 spiro atoms. The molecule has 0 aliphatic rings. The number of nitrogens with two attached hydrogens (primary N) is 1. The average Bonchev–Trinajstić information content (AvgIpc) is 2.77. The van der Waals surface area contributed by atoms with Crippen LogP contribution < -0.4 is 5.73 Å². The molecule has 1 aromatic heterocycles. The number of nitrogens with zero attached hydrogens (tertiary/aromatic N) is 2. The van der Waals surface area contributed by atoms with Crippen molar-refractivity contribution in [3.63, 3.8) is 0 Å². The molecule has 0 radical (unpaired) electrons. The zero-order chi connectivity index (χ0) is 14.1. The second-order valence-corrected chi connectivity index (χ2v) is 4.83. The van der Waals surface area contributed by atoms with E-state index < -0.39 is 11.6 Å². The number of rotatable bonds is 3. The van der Waals surface area contributed by atoms with Gasteiger partial charge in [0, 0.05) is 0 Å². The molecule has 19 heavy (non-hydrogen) atoms. The molecular weight excluding hydrogens is 275 g/mol. The minimum atomic E-state index is -4.58. The van der Waals surface area contributed by atoms with Crippen molar-refractivity contribution >= 4 is 16.5 Å². The Hall–Kier alpha value is -1.89. The van der Waals surface area contributed by atoms with Crippen molar-refractivity contribution in [2.75, 3.05) is 5.73 Å². The minimum Gasteiger partial charge on any atom is -0.374 e. The van der Waals surface area contributed by atoms with Gasteiger partial charge in [-0.25, -0.2) is 0 Å². The number of alkyl halides is 3. The summed E-state index contributed by atoms with van der Waals surface area (Å²) in [6, 6.07) is 7.47. The Kier molecular flexibility index (Phi) is 3.32. The normalized spacial score (nSPS) is 14.9. The summed E-state index contributed by atoms with van der Waals surface area (Å²) in [5.74, 6) is 0. The highest BCUT2D eigenvalue weighted by Crippen LogP contribution is 2.48. The molecule has 1 unspecified atom stereocenters. The third-order valence-corrected chi connectivity index (χ3v) is 3.65. The van der Waals surface area contributed by atoms with E-state index in [9.17, 15) is 13.2 Å². The number of nitrogen functional groups attached to an aromatic ring is 1. The van der Waals surface area contributed by atoms with E-state index in [1.165, 1.54) is 24.3 Å². The number of aromatic nitrogens is 2. The largest absolute Gasteiger partial charge is 0.408 e. The van der Waals surface area contributed by atoms with Crippen LogP contribution in [0.2, 0.25) is 0 Å². The number of hydrogen-bond acceptors (Lipinski definition) is 4. The van der Waals surface area contributed by atoms with Crippen molar-refractivity contribution in [1.29, 1.82) is 0 Å². The van der Waals surface area contributed by atoms with Gasteiger partial charge in [0.2, 0.25) is 5.13 Å². The predicted molar refractivity (Wildman–Crippen MR) is 67.8 cm³/mol. The molecule has 0 saturated carbocycles. The van der Waals surface area contributed by atoms with Gasteiger partial charge in [-0.3, -0.25) is 0 Å². The first-order chi connectivity index (χ1) is 8.91. The zero-order valence-corrected chi connectivity index (χ0v) is 10.5. The highest BCUT2D eigenvalue weighted by molar-refractivity contribution is 7.15. The Balaban J connectivity index is 2.73. The van der Waals surface area contributed by atoms with Gasteiger partial charge in [-0.1, -0.05) is 47.7 Å². The Morgan fingerprint density at radius 2 is 1.79 bits per heavy atom. The summed E-state index contributed by atoms with van der Waals surface area (Å²) in [5.41, 5.74) is 3.05. The molecule has 3 nitrogen and oxygen atoms in total. The van der Waals surface area contributed by atoms with Crippen LogP contribution in [0.3, 0.4) is 0 Å². The zero-order valence-electron chi connectivity index (χ0n) is 9.69. The molecule has 100 valence electrons. The second kappa shape index (κ2) is 4.65. The standard InChI is InChI=1S/C12H10F3N3S/c1-2-11(12(13,14)15,8-6-4-3-5-7-8)9-17-18-10(16)19-9/h2-7H,1H2,(H2,16,18). The van der Waals surface area contributed by atoms with Gasteiger partial charge in [-0.2, -0.15) is 13.2 Å². The highest BCUT2D eigenvalue weighted by atomic mass is 32.1. The molecule has 0 aliphatic heterocycles. The molecule has 2 N–H and O–H groups in total. The Morgan fingerprint density at radius 3 is 2.21 bits per heavy atom. The fraction of sp³-hybridized carbons (Fsp3) is 0.167. The maximum atomic E-state index is 13.6. The summed E-state index contributed by atoms with van der Waals surface area (Å²) in [6.45, 7) is 3.34. The highest BCUT2D eigenvalue weighted by Gasteiger charge is 2.57. The van der Waals surface area contributed by atoms with Crippen LogP contribution in [-0.2, 0) is 5.41 Å². The van der Waals surface area contributed by atoms with Crippen molar-refractivity contribution in [1.82, 2.24) is 10.2 Å². The van der Waals surface area contributed by atoms with Gasteiger partial charge in [-0.05, 0) is 5.56 Å². The van der Waals surface area contributed by atoms with E-state index in [2.05, 4.69) is 16.8 Å². The lowest BCUT2D eigenvalue weighted by Gasteiger charge is -2.30. The summed E-state index contributed by atoms with van der Waals surface area (Å²) in [4.78, 5) is 0. The molecule has 0 amide bonds. The third kappa shape index (κ3) is 2.10. The van der Waals surface area contributed by atoms with Gasteiger partial charge in [0.15, 0.2) is 5.41 Å². The van der Waals surface area contributed by atoms with Crippen molar-refractivity contribution < 1.29 is 13.2 Å². The van der Waals surface area contributed by atoms with E-state index in [4.69, 9.17) is 5.73 Å². The summed E-state index contributed by atoms with van der Waals surface area (Å²) in [5, 5.41) is 6.77. The Morgan fingerprint density at radius 1 is 1.16 bits per heavy atom. The molecule has 0 bridgehead atoms. The number of allylic oxidation sites excluding steroid dienone is 1. The summed E-state index contributed by atoms with van der Waals surface area (Å²) in [6.07, 6.45) is -3.75. The smallest absolute Gasteiger partial charge is 0.374 e. The van der Waals surface area contributed by atoms with Gasteiger partial charge in [0.25, 0.3) is 0 Å². The lowest BCUT2D eigenvalue weighted by molar-refractivity contribution is -0.164. The topological polar surface area (TPSA) is 51.8 Å². The molecule has 2 aromatic rings. The lowest BCUT2D eigenvalue weighted by atomic mass is 9.80. The quantitative estimate of drug-likeness (QED) is 0.881. The van der Waals surface area contributed by atoms with Crippen LogP contribution in [0.4, 0.5) is 18.3 Å². The first kappa shape index (κ1) is 13.5. The Bertz CT molecular complexity index is 579. The van der Waals surface area contributed by atoms with Crippen LogP contribution in [-0.4, -0.2) is 16.4 Å². The second-order valence-electron chi connectivity index (χ2n) is 3.82. The maximum absolute atomic E-state index is 13.6. The predicted octanol–water partition coefficient (Wildman–Crippen LogP) is 3.15. The van der Waals surface area contributed by atoms with E-state index in [0.717, 1.165) is 6.08 Å². The van der Waals surface area contributed by atoms with Crippen LogP contribution >= 0.6 is 11.3 Å². The molecule has 0 fully saturated rings. The third-order valence-electron chi connectivity index (χ3n) is 2.76. The first-order valence-corrected chi connectivity index (χ1v) is 6.09. The van der Waals surface area contributed by atoms with Crippen molar-refractivity contribution in [2.45, 2.75) is 11.6 Å². The van der Waals surface area contributed by atoms with Gasteiger partial charge in [0.05, 0.1) is 0 Å². The maximum Gasteiger partial charge on any atom is 0.408 e. The van der Waals surface area contributed by atoms with Crippen LogP contribution in [0.15, 0.2) is 43.0 Å². The van der Waals surface area contributed by atoms with Crippen molar-refractivity contribution in [2.24, 2.45) is 0 Å². The lowest BCUT2D eigenvalue weighted by Crippen LogP contribution is -2.41. The fourth-order valence-corrected chi connectivity index (χ4v) is 2.66. The van der Waals surface area contributed by atoms with Gasteiger partial charge in [-0.15, -0.1) is 16.8 Å². The molecule has 0 saturated heterocycles. The van der Waals surface area contributed by atoms with Gasteiger partial charge in [0.1, 0.15) is 5.01 Å². The molecule has 1 aromatic carbocycles. The number of hydrogen-bond donors (Lipinski definition) is 1. The van der Waals surface area contributed by atoms with Crippen LogP contribution in [0.25, 0.3) is 0 Å². The minimum absolute atomic E-state index is 0.0126. The summed E-state index contributed by atoms with van der Waals surface area (Å²) in [7, 11) is 0. The molecule has 1 atom stereocenters. The van der Waals surface area contributed by atoms with Crippen LogP contribution in [0, 0.1) is 0 Å². The van der Waals surface area contributed by atoms with Crippen molar-refractivity contribution in [3.05, 3.63) is 53.6 Å². The van der Waals surface area contributed by atoms with E-state index >= 15 is 0 Å². The SMILES string of the molecule is C=CC(c1ccccc1)(c1nnc(N)s1)C(F)(F)F. The summed E-state index contributed by atoms with van der Waals surface area (Å²) >= 11 is 0.705. The molecule has 0 aliphatic carbocycles. The fourth-order valence-electron chi connectivity index (χ4n) is 1.82. The molecule has 1 heterocycles. The van der Waals surface area contributed by atoms with E-state index in [0.29, 0.717) is 11.3 Å². The van der Waals surface area contributed by atoms with Crippen molar-refractivity contribution in [3.8, 4) is 0 Å². The molecular formula is C12H10F3N3S. The van der Waals surface area contributed by atoms with E-state index in [1.807, 2.05) is 0 Å². The number of benzene rings is 1. The average molecular weight is 285 g/mol. The van der Waals surface area contributed by atoms with E-state index in [-0.39, 0.29) is 15.7 Å². The van der Waals surface area contributed by atoms with Crippen LogP contribution in [0.5, 0.6) is 0 Å². The van der Waals surface area contributed by atoms with Gasteiger partial charge < -0.3 is 5.73 Å². The van der Waals surface area contributed by atoms with Gasteiger partial charge >= 0.3 is 6.18 Å². The monoisotopic (exact) mass is 285 g/mol. The first-order valence-electron chi connectivity index (χ1n) is 5.27. The number of anilines is 1. The summed E-state index contributed by atoms with van der Waals surface area (Å²) < 4.78 is 40.7. The molecule has 2 rings (SSSR count). The molecule has 7 heteroatoms. The Labute approximate surface area is 111 Å².